The highest BCUT2D eigenvalue weighted by Gasteiger charge is 2.50. The van der Waals surface area contributed by atoms with E-state index in [1.165, 1.54) is 46.1 Å². The molecule has 5 rings (SSSR count). The summed E-state index contributed by atoms with van der Waals surface area (Å²) in [6.45, 7) is 6.00. The smallest absolute Gasteiger partial charge is 0.246 e. The molecule has 13 N–H and O–H groups in total. The molecule has 10 atom stereocenters. The number of rotatable bonds is 25. The lowest BCUT2D eigenvalue weighted by Crippen LogP contribution is -2.61. The lowest BCUT2D eigenvalue weighted by atomic mass is 9.72. The van der Waals surface area contributed by atoms with Crippen molar-refractivity contribution in [2.45, 2.75) is 127 Å². The van der Waals surface area contributed by atoms with Crippen molar-refractivity contribution in [3.8, 4) is 17.2 Å². The Balaban J connectivity index is 1.31. The average Bonchev–Trinajstić information content (AvgIpc) is 3.35. The van der Waals surface area contributed by atoms with Crippen molar-refractivity contribution in [1.29, 1.82) is 0 Å². The first-order valence-electron chi connectivity index (χ1n) is 24.2. The Labute approximate surface area is 430 Å². The number of carbonyl (C=O) groups excluding carboxylic acids is 9. The number of amides is 6. The zero-order valence-electron chi connectivity index (χ0n) is 42.3. The van der Waals surface area contributed by atoms with Gasteiger partial charge in [-0.05, 0) is 39.2 Å². The first kappa shape index (κ1) is 59.2. The van der Waals surface area contributed by atoms with E-state index in [0.717, 1.165) is 0 Å². The number of hydrogen-bond donors (Lipinski definition) is 12. The van der Waals surface area contributed by atoms with Gasteiger partial charge in [-0.1, -0.05) is 26.0 Å². The maximum absolute atomic E-state index is 14.1. The molecule has 26 nitrogen and oxygen atoms in total. The Morgan fingerprint density at radius 3 is 2.11 bits per heavy atom. The van der Waals surface area contributed by atoms with Gasteiger partial charge in [-0.3, -0.25) is 43.2 Å². The van der Waals surface area contributed by atoms with Crippen LogP contribution in [0.2, 0.25) is 0 Å². The molecular weight excluding hydrogens is 993 g/mol. The predicted molar refractivity (Wildman–Crippen MR) is 257 cm³/mol. The Hall–Kier alpha value is -6.65. The Morgan fingerprint density at radius 1 is 0.827 bits per heavy atom. The molecule has 1 heterocycles. The number of Topliss-reactive ketones (excluding diaryl/α,β-unsaturated/α-hetero) is 1. The van der Waals surface area contributed by atoms with Gasteiger partial charge in [0.15, 0.2) is 17.9 Å². The highest BCUT2D eigenvalue weighted by Crippen LogP contribution is 2.52. The fourth-order valence-electron chi connectivity index (χ4n) is 9.03. The molecule has 75 heavy (non-hydrogen) atoms. The van der Waals surface area contributed by atoms with Crippen LogP contribution in [0.4, 0.5) is 0 Å². The van der Waals surface area contributed by atoms with Crippen molar-refractivity contribution in [3.63, 3.8) is 0 Å². The largest absolute Gasteiger partial charge is 0.507 e. The van der Waals surface area contributed by atoms with Crippen LogP contribution >= 0.6 is 0 Å². The summed E-state index contributed by atoms with van der Waals surface area (Å²) in [5.41, 5.74) is 0.762. The van der Waals surface area contributed by atoms with Crippen molar-refractivity contribution < 1.29 is 97.5 Å². The number of aromatic hydroxyl groups is 2. The second-order valence-corrected chi connectivity index (χ2v) is 18.9. The van der Waals surface area contributed by atoms with Gasteiger partial charge in [-0.2, -0.15) is 0 Å². The summed E-state index contributed by atoms with van der Waals surface area (Å²) in [7, 11) is 1.27. The summed E-state index contributed by atoms with van der Waals surface area (Å²) in [5.74, 6) is -10.1. The van der Waals surface area contributed by atoms with Gasteiger partial charge in [0.05, 0.1) is 74.9 Å². The standard InChI is InChI=1S/C49H66N6O20/c1-21(2)14-28(55-48(69)29(15-33(50)59)54-46(67)23(4)52-45(66)22(3)51-34(60)20-73-13-12-72-11-10-56)47(68)53-27-16-35(74-24(5)40(27)61)75-31-18-49(70,32(58)19-57)17-26-37(31)44(65)39-38(42(26)63)41(62)25-8-7-9-30(71-6)36(25)43(39)64/h7-9,21-24,27-29,31,35,40,56-57,61,63,65,70H,10-20H2,1-6H3,(H2,50,59)(H,51,60)(H,52,66)(H,53,68)(H,54,67)(H,55,69)/t22?,23?,24?,27?,28?,29?,31-,35-,40-,49-/m0/s1. The Morgan fingerprint density at radius 2 is 1.47 bits per heavy atom. The minimum Gasteiger partial charge on any atom is -0.507 e. The molecule has 6 amide bonds. The number of aliphatic hydroxyl groups is 4. The molecule has 2 aromatic carbocycles. The molecule has 1 saturated heterocycles. The number of carbonyl (C=O) groups is 9. The van der Waals surface area contributed by atoms with Crippen LogP contribution in [-0.4, -0.2) is 184 Å². The molecule has 6 unspecified atom stereocenters. The van der Waals surface area contributed by atoms with Gasteiger partial charge < -0.3 is 86.6 Å². The van der Waals surface area contributed by atoms with Crippen molar-refractivity contribution in [3.05, 3.63) is 51.6 Å². The SMILES string of the molecule is COc1cccc2c1C(=O)c1c(O)c3c(c(O)c1C2=O)C[C@@](O)(C(=O)CO)C[C@@H]3O[C@H]1CC(NC(=O)C(CC(C)C)NC(=O)C(CC(N)=O)NC(=O)C(C)NC(=O)C(C)NC(=O)COCCOCCO)[C@@H](O)C(C)O1. The van der Waals surface area contributed by atoms with Crippen LogP contribution in [0.5, 0.6) is 17.2 Å². The summed E-state index contributed by atoms with van der Waals surface area (Å²) in [6.07, 6.45) is -8.20. The number of benzene rings is 2. The minimum absolute atomic E-state index is 0.00152. The second-order valence-electron chi connectivity index (χ2n) is 18.9. The first-order valence-corrected chi connectivity index (χ1v) is 24.2. The van der Waals surface area contributed by atoms with E-state index in [-0.39, 0.29) is 73.2 Å². The monoisotopic (exact) mass is 1060 g/mol. The maximum atomic E-state index is 14.1. The summed E-state index contributed by atoms with van der Waals surface area (Å²) in [6, 6.07) is -2.57. The molecule has 1 fully saturated rings. The number of nitrogens with two attached hydrogens (primary N) is 1. The number of ketones is 3. The number of primary amides is 1. The number of phenols is 2. The van der Waals surface area contributed by atoms with Crippen LogP contribution < -0.4 is 37.1 Å². The van der Waals surface area contributed by atoms with Crippen LogP contribution in [0, 0.1) is 5.92 Å². The van der Waals surface area contributed by atoms with Gasteiger partial charge in [0.1, 0.15) is 66.3 Å². The third-order valence-corrected chi connectivity index (χ3v) is 12.8. The molecule has 412 valence electrons. The molecular formula is C49H66N6O20. The van der Waals surface area contributed by atoms with E-state index < -0.39 is 168 Å². The number of nitrogens with one attached hydrogen (secondary N) is 5. The number of methoxy groups -OCH3 is 1. The molecule has 0 aromatic heterocycles. The van der Waals surface area contributed by atoms with Crippen LogP contribution in [-0.2, 0) is 58.9 Å². The van der Waals surface area contributed by atoms with Gasteiger partial charge >= 0.3 is 0 Å². The molecule has 0 saturated carbocycles. The molecule has 0 bridgehead atoms. The summed E-state index contributed by atoms with van der Waals surface area (Å²) < 4.78 is 27.7. The fraction of sp³-hybridized carbons (Fsp3) is 0.571. The molecule has 2 aliphatic carbocycles. The molecule has 3 aliphatic rings. The lowest BCUT2D eigenvalue weighted by molar-refractivity contribution is -0.249. The molecule has 0 spiro atoms. The topological polar surface area (TPSA) is 407 Å². The van der Waals surface area contributed by atoms with Gasteiger partial charge in [0, 0.05) is 36.0 Å². The van der Waals surface area contributed by atoms with Crippen LogP contribution in [0.15, 0.2) is 18.2 Å². The van der Waals surface area contributed by atoms with Crippen molar-refractivity contribution >= 4 is 52.8 Å². The molecule has 0 radical (unpaired) electrons. The van der Waals surface area contributed by atoms with Gasteiger partial charge in [-0.15, -0.1) is 0 Å². The van der Waals surface area contributed by atoms with Crippen LogP contribution in [0.25, 0.3) is 0 Å². The lowest BCUT2D eigenvalue weighted by Gasteiger charge is -2.43. The van der Waals surface area contributed by atoms with E-state index in [1.54, 1.807) is 13.8 Å². The minimum atomic E-state index is -2.46. The van der Waals surface area contributed by atoms with Crippen LogP contribution in [0.1, 0.15) is 109 Å². The second kappa shape index (κ2) is 25.7. The van der Waals surface area contributed by atoms with Gasteiger partial charge in [0.2, 0.25) is 41.2 Å². The summed E-state index contributed by atoms with van der Waals surface area (Å²) >= 11 is 0. The normalized spacial score (nSPS) is 22.5. The summed E-state index contributed by atoms with van der Waals surface area (Å²) in [4.78, 5) is 120. The van der Waals surface area contributed by atoms with E-state index in [1.807, 2.05) is 0 Å². The maximum Gasteiger partial charge on any atom is 0.246 e. The van der Waals surface area contributed by atoms with E-state index in [0.29, 0.717) is 0 Å². The molecule has 2 aromatic rings. The number of fused-ring (bicyclic) bond motifs is 3. The highest BCUT2D eigenvalue weighted by atomic mass is 16.7. The molecule has 1 aliphatic heterocycles. The first-order chi connectivity index (χ1) is 35.4. The summed E-state index contributed by atoms with van der Waals surface area (Å²) in [5, 5.41) is 77.6. The number of phenolic OH excluding ortho intramolecular Hbond substituents is 2. The predicted octanol–water partition coefficient (Wildman–Crippen LogP) is -2.92. The van der Waals surface area contributed by atoms with E-state index in [9.17, 15) is 68.7 Å². The van der Waals surface area contributed by atoms with E-state index in [4.69, 9.17) is 34.5 Å². The third kappa shape index (κ3) is 14.0. The Bertz CT molecular complexity index is 2520. The van der Waals surface area contributed by atoms with Crippen molar-refractivity contribution in [1.82, 2.24) is 26.6 Å². The van der Waals surface area contributed by atoms with E-state index >= 15 is 0 Å². The number of aliphatic hydroxyl groups excluding tert-OH is 3. The van der Waals surface area contributed by atoms with Crippen molar-refractivity contribution in [2.75, 3.05) is 46.8 Å². The van der Waals surface area contributed by atoms with Crippen molar-refractivity contribution in [2.24, 2.45) is 11.7 Å². The van der Waals surface area contributed by atoms with E-state index in [2.05, 4.69) is 26.6 Å². The quantitative estimate of drug-likeness (QED) is 0.0299. The average molecular weight is 1060 g/mol. The molecule has 26 heteroatoms. The number of ether oxygens (including phenoxy) is 5. The Kier molecular flexibility index (Phi) is 20.3. The zero-order valence-corrected chi connectivity index (χ0v) is 42.3. The fourth-order valence-corrected chi connectivity index (χ4v) is 9.03. The zero-order chi connectivity index (χ0) is 55.6. The van der Waals surface area contributed by atoms with Crippen LogP contribution in [0.3, 0.4) is 0 Å². The third-order valence-electron chi connectivity index (χ3n) is 12.8. The van der Waals surface area contributed by atoms with Gasteiger partial charge in [-0.25, -0.2) is 0 Å². The highest BCUT2D eigenvalue weighted by molar-refractivity contribution is 6.31. The van der Waals surface area contributed by atoms with Gasteiger partial charge in [0.25, 0.3) is 0 Å². The number of hydrogen-bond acceptors (Lipinski definition) is 20.